The van der Waals surface area contributed by atoms with Crippen molar-refractivity contribution in [2.75, 3.05) is 21.3 Å². The van der Waals surface area contributed by atoms with Crippen molar-refractivity contribution < 1.29 is 23.7 Å². The zero-order chi connectivity index (χ0) is 18.8. The first-order valence-electron chi connectivity index (χ1n) is 7.61. The number of carbonyl (C=O) groups excluding carboxylic acids is 1. The number of hydrogen-bond acceptors (Lipinski definition) is 5. The molecule has 0 amide bonds. The van der Waals surface area contributed by atoms with Crippen molar-refractivity contribution in [1.82, 2.24) is 4.57 Å². The van der Waals surface area contributed by atoms with Crippen molar-refractivity contribution in [3.8, 4) is 28.5 Å². The van der Waals surface area contributed by atoms with Crippen LogP contribution in [0.5, 0.6) is 17.2 Å². The molecule has 2 rings (SSSR count). The summed E-state index contributed by atoms with van der Waals surface area (Å²) < 4.78 is 23.8. The highest BCUT2D eigenvalue weighted by molar-refractivity contribution is 9.10. The molecule has 0 unspecified atom stereocenters. The molecule has 0 saturated carbocycles. The number of rotatable bonds is 4. The van der Waals surface area contributed by atoms with E-state index in [9.17, 15) is 4.79 Å². The Morgan fingerprint density at radius 3 is 2.04 bits per heavy atom. The molecule has 2 aromatic rings. The van der Waals surface area contributed by atoms with E-state index >= 15 is 0 Å². The van der Waals surface area contributed by atoms with Crippen LogP contribution in [0.2, 0.25) is 0 Å². The van der Waals surface area contributed by atoms with Gasteiger partial charge in [0.05, 0.1) is 27.0 Å². The second-order valence-corrected chi connectivity index (χ2v) is 7.22. The molecule has 25 heavy (non-hydrogen) atoms. The van der Waals surface area contributed by atoms with E-state index in [0.29, 0.717) is 28.5 Å². The molecule has 1 aromatic carbocycles. The van der Waals surface area contributed by atoms with Gasteiger partial charge in [-0.3, -0.25) is 4.57 Å². The van der Waals surface area contributed by atoms with Crippen molar-refractivity contribution in [3.63, 3.8) is 0 Å². The first-order chi connectivity index (χ1) is 11.7. The number of nitrogens with zero attached hydrogens (tertiary/aromatic N) is 1. The molecule has 1 heterocycles. The molecule has 0 N–H and O–H groups in total. The third-order valence-electron chi connectivity index (χ3n) is 3.36. The molecule has 0 aliphatic heterocycles. The summed E-state index contributed by atoms with van der Waals surface area (Å²) in [5.41, 5.74) is 0.683. The average molecular weight is 412 g/mol. The van der Waals surface area contributed by atoms with Gasteiger partial charge in [-0.2, -0.15) is 0 Å². The number of methoxy groups -OCH3 is 3. The van der Waals surface area contributed by atoms with Gasteiger partial charge in [-0.1, -0.05) is 0 Å². The Balaban J connectivity index is 2.61. The van der Waals surface area contributed by atoms with Crippen LogP contribution in [-0.2, 0) is 4.74 Å². The molecule has 136 valence electrons. The van der Waals surface area contributed by atoms with Crippen LogP contribution in [0, 0.1) is 0 Å². The SMILES string of the molecule is COc1cc(OC)c(-c2cc(Br)cn2C(=O)OC(C)(C)C)cc1OC. The number of ether oxygens (including phenoxy) is 4. The van der Waals surface area contributed by atoms with Gasteiger partial charge in [0.1, 0.15) is 11.4 Å². The maximum absolute atomic E-state index is 12.6. The fourth-order valence-electron chi connectivity index (χ4n) is 2.33. The van der Waals surface area contributed by atoms with Crippen molar-refractivity contribution >= 4 is 22.0 Å². The number of halogens is 1. The first kappa shape index (κ1) is 19.2. The van der Waals surface area contributed by atoms with Gasteiger partial charge in [-0.15, -0.1) is 0 Å². The van der Waals surface area contributed by atoms with E-state index in [2.05, 4.69) is 15.9 Å². The molecule has 6 nitrogen and oxygen atoms in total. The van der Waals surface area contributed by atoms with Crippen molar-refractivity contribution in [2.45, 2.75) is 26.4 Å². The van der Waals surface area contributed by atoms with Gasteiger partial charge in [-0.05, 0) is 48.8 Å². The number of aromatic nitrogens is 1. The predicted molar refractivity (Wildman–Crippen MR) is 98.9 cm³/mol. The van der Waals surface area contributed by atoms with Crippen LogP contribution in [0.3, 0.4) is 0 Å². The van der Waals surface area contributed by atoms with Crippen LogP contribution in [0.15, 0.2) is 28.9 Å². The number of carbonyl (C=O) groups is 1. The molecular formula is C18H22BrNO5. The van der Waals surface area contributed by atoms with Crippen LogP contribution < -0.4 is 14.2 Å². The van der Waals surface area contributed by atoms with Gasteiger partial charge < -0.3 is 18.9 Å². The summed E-state index contributed by atoms with van der Waals surface area (Å²) in [5, 5.41) is 0. The fraction of sp³-hybridized carbons (Fsp3) is 0.389. The summed E-state index contributed by atoms with van der Waals surface area (Å²) >= 11 is 3.41. The van der Waals surface area contributed by atoms with Crippen LogP contribution in [0.25, 0.3) is 11.3 Å². The normalized spacial score (nSPS) is 11.2. The van der Waals surface area contributed by atoms with E-state index < -0.39 is 11.7 Å². The molecule has 7 heteroatoms. The van der Waals surface area contributed by atoms with Crippen LogP contribution >= 0.6 is 15.9 Å². The largest absolute Gasteiger partial charge is 0.496 e. The minimum Gasteiger partial charge on any atom is -0.496 e. The molecule has 0 aliphatic carbocycles. The molecular weight excluding hydrogens is 390 g/mol. The fourth-order valence-corrected chi connectivity index (χ4v) is 2.75. The Hall–Kier alpha value is -2.15. The highest BCUT2D eigenvalue weighted by atomic mass is 79.9. The van der Waals surface area contributed by atoms with Gasteiger partial charge in [0.25, 0.3) is 0 Å². The molecule has 0 atom stereocenters. The molecule has 0 spiro atoms. The maximum Gasteiger partial charge on any atom is 0.419 e. The van der Waals surface area contributed by atoms with E-state index in [1.807, 2.05) is 26.8 Å². The quantitative estimate of drug-likeness (QED) is 0.727. The lowest BCUT2D eigenvalue weighted by Gasteiger charge is -2.21. The Kier molecular flexibility index (Phi) is 5.67. The zero-order valence-corrected chi connectivity index (χ0v) is 16.8. The van der Waals surface area contributed by atoms with Gasteiger partial charge in [0, 0.05) is 22.3 Å². The van der Waals surface area contributed by atoms with E-state index in [-0.39, 0.29) is 0 Å². The lowest BCUT2D eigenvalue weighted by molar-refractivity contribution is 0.0540. The maximum atomic E-state index is 12.6. The summed E-state index contributed by atoms with van der Waals surface area (Å²) in [7, 11) is 4.66. The average Bonchev–Trinajstić information content (AvgIpc) is 2.93. The number of hydrogen-bond donors (Lipinski definition) is 0. The second kappa shape index (κ2) is 7.39. The highest BCUT2D eigenvalue weighted by Gasteiger charge is 2.23. The van der Waals surface area contributed by atoms with Crippen molar-refractivity contribution in [3.05, 3.63) is 28.9 Å². The summed E-state index contributed by atoms with van der Waals surface area (Å²) in [6.07, 6.45) is 1.17. The lowest BCUT2D eigenvalue weighted by atomic mass is 10.1. The molecule has 1 aromatic heterocycles. The number of benzene rings is 1. The smallest absolute Gasteiger partial charge is 0.419 e. The molecule has 0 bridgehead atoms. The van der Waals surface area contributed by atoms with Crippen LogP contribution in [-0.4, -0.2) is 37.6 Å². The lowest BCUT2D eigenvalue weighted by Crippen LogP contribution is -2.27. The molecule has 0 saturated heterocycles. The van der Waals surface area contributed by atoms with E-state index in [1.165, 1.54) is 4.57 Å². The van der Waals surface area contributed by atoms with E-state index in [4.69, 9.17) is 18.9 Å². The standard InChI is InChI=1S/C18H22BrNO5/c1-18(2,3)25-17(21)20-10-11(19)7-13(20)12-8-15(23-5)16(24-6)9-14(12)22-4/h7-10H,1-6H3. The van der Waals surface area contributed by atoms with E-state index in [1.54, 1.807) is 39.7 Å². The van der Waals surface area contributed by atoms with Gasteiger partial charge in [0.15, 0.2) is 11.5 Å². The minimum absolute atomic E-state index is 0.481. The third kappa shape index (κ3) is 4.28. The monoisotopic (exact) mass is 411 g/mol. The summed E-state index contributed by atoms with van der Waals surface area (Å²) in [4.78, 5) is 12.6. The van der Waals surface area contributed by atoms with Crippen molar-refractivity contribution in [2.24, 2.45) is 0 Å². The third-order valence-corrected chi connectivity index (χ3v) is 3.79. The topological polar surface area (TPSA) is 58.9 Å². The van der Waals surface area contributed by atoms with Gasteiger partial charge >= 0.3 is 6.09 Å². The zero-order valence-electron chi connectivity index (χ0n) is 15.2. The van der Waals surface area contributed by atoms with Gasteiger partial charge in [-0.25, -0.2) is 4.79 Å². The van der Waals surface area contributed by atoms with Crippen LogP contribution in [0.1, 0.15) is 20.8 Å². The first-order valence-corrected chi connectivity index (χ1v) is 8.41. The Labute approximate surface area is 155 Å². The Bertz CT molecular complexity index is 777. The molecule has 0 aliphatic rings. The summed E-state index contributed by atoms with van der Waals surface area (Å²) in [5.74, 6) is 1.62. The highest BCUT2D eigenvalue weighted by Crippen LogP contribution is 2.41. The molecule has 0 fully saturated rings. The molecule has 0 radical (unpaired) electrons. The summed E-state index contributed by atoms with van der Waals surface area (Å²) in [6, 6.07) is 5.29. The minimum atomic E-state index is -0.604. The Morgan fingerprint density at radius 2 is 1.52 bits per heavy atom. The van der Waals surface area contributed by atoms with E-state index in [0.717, 1.165) is 4.47 Å². The summed E-state index contributed by atoms with van der Waals surface area (Å²) in [6.45, 7) is 5.46. The van der Waals surface area contributed by atoms with Crippen molar-refractivity contribution in [1.29, 1.82) is 0 Å². The van der Waals surface area contributed by atoms with Crippen LogP contribution in [0.4, 0.5) is 4.79 Å². The second-order valence-electron chi connectivity index (χ2n) is 6.30. The Morgan fingerprint density at radius 1 is 0.960 bits per heavy atom. The predicted octanol–water partition coefficient (Wildman–Crippen LogP) is 4.73. The van der Waals surface area contributed by atoms with Gasteiger partial charge in [0.2, 0.25) is 0 Å².